The van der Waals surface area contributed by atoms with Gasteiger partial charge in [-0.15, -0.1) is 0 Å². The Kier molecular flexibility index (Phi) is 3.16. The number of carbonyl (C=O) groups is 1. The van der Waals surface area contributed by atoms with Crippen molar-refractivity contribution in [3.05, 3.63) is 24.5 Å². The van der Waals surface area contributed by atoms with Gasteiger partial charge in [0.2, 0.25) is 0 Å². The molecule has 0 aromatic carbocycles. The largest absolute Gasteiger partial charge is 0.383 e. The van der Waals surface area contributed by atoms with Gasteiger partial charge in [0.1, 0.15) is 5.60 Å². The molecule has 0 atom stereocenters. The number of aromatic nitrogens is 1. The van der Waals surface area contributed by atoms with Crippen LogP contribution in [-0.4, -0.2) is 27.5 Å². The molecule has 1 saturated carbocycles. The van der Waals surface area contributed by atoms with E-state index in [1.807, 2.05) is 5.43 Å². The van der Waals surface area contributed by atoms with Gasteiger partial charge in [0.25, 0.3) is 0 Å². The fourth-order valence-corrected chi connectivity index (χ4v) is 1.68. The summed E-state index contributed by atoms with van der Waals surface area (Å²) in [7, 11) is 0. The molecule has 0 bridgehead atoms. The van der Waals surface area contributed by atoms with Crippen molar-refractivity contribution < 1.29 is 18.7 Å². The first-order chi connectivity index (χ1) is 8.46. The van der Waals surface area contributed by atoms with Crippen LogP contribution in [0.1, 0.15) is 19.3 Å². The Hall–Kier alpha value is -1.76. The van der Waals surface area contributed by atoms with E-state index in [9.17, 15) is 18.7 Å². The lowest BCUT2D eigenvalue weighted by molar-refractivity contribution is -0.215. The Balaban J connectivity index is 1.95. The van der Waals surface area contributed by atoms with E-state index in [2.05, 4.69) is 10.4 Å². The van der Waals surface area contributed by atoms with E-state index in [1.165, 1.54) is 24.5 Å². The third-order valence-corrected chi connectivity index (χ3v) is 3.05. The molecule has 0 saturated heterocycles. The highest BCUT2D eigenvalue weighted by molar-refractivity contribution is 5.86. The van der Waals surface area contributed by atoms with Gasteiger partial charge in [0, 0.05) is 12.4 Å². The zero-order valence-electron chi connectivity index (χ0n) is 9.49. The summed E-state index contributed by atoms with van der Waals surface area (Å²) in [6.07, 6.45) is 3.26. The Morgan fingerprint density at radius 1 is 1.39 bits per heavy atom. The minimum Gasteiger partial charge on any atom is -0.383 e. The number of hydrogen-bond donors (Lipinski definition) is 3. The van der Waals surface area contributed by atoms with Crippen molar-refractivity contribution in [1.29, 1.82) is 0 Å². The molecule has 0 spiro atoms. The van der Waals surface area contributed by atoms with Crippen LogP contribution in [0.2, 0.25) is 0 Å². The Bertz CT molecular complexity index is 435. The van der Waals surface area contributed by atoms with Crippen molar-refractivity contribution in [2.75, 3.05) is 5.43 Å². The highest BCUT2D eigenvalue weighted by Crippen LogP contribution is 2.44. The standard InChI is InChI=1S/C11H13F2N3O2/c12-11(13,10(18)4-1-5-10)9(17)16-15-8-2-6-14-7-3-8/h2-3,6-7,18H,1,4-5H2,(H,14,15)(H,16,17). The molecule has 1 fully saturated rings. The molecule has 7 heteroatoms. The number of alkyl halides is 2. The molecular formula is C11H13F2N3O2. The van der Waals surface area contributed by atoms with Gasteiger partial charge in [-0.25, -0.2) is 0 Å². The first-order valence-electron chi connectivity index (χ1n) is 5.52. The average Bonchev–Trinajstić information content (AvgIpc) is 2.34. The molecule has 2 rings (SSSR count). The predicted molar refractivity (Wildman–Crippen MR) is 59.8 cm³/mol. The maximum atomic E-state index is 13.6. The van der Waals surface area contributed by atoms with Crippen LogP contribution in [0.4, 0.5) is 14.5 Å². The molecule has 1 amide bonds. The minimum absolute atomic E-state index is 0.0668. The second kappa shape index (κ2) is 4.49. The van der Waals surface area contributed by atoms with E-state index in [-0.39, 0.29) is 12.8 Å². The van der Waals surface area contributed by atoms with Gasteiger partial charge in [-0.3, -0.25) is 20.6 Å². The Morgan fingerprint density at radius 2 is 2.00 bits per heavy atom. The van der Waals surface area contributed by atoms with Crippen LogP contribution in [0.25, 0.3) is 0 Å². The summed E-state index contributed by atoms with van der Waals surface area (Å²) in [6.45, 7) is 0. The summed E-state index contributed by atoms with van der Waals surface area (Å²) in [4.78, 5) is 15.1. The molecule has 1 aliphatic carbocycles. The number of nitrogens with one attached hydrogen (secondary N) is 2. The summed E-state index contributed by atoms with van der Waals surface area (Å²) in [5, 5.41) is 9.56. The van der Waals surface area contributed by atoms with Gasteiger partial charge in [0.15, 0.2) is 0 Å². The number of amides is 1. The van der Waals surface area contributed by atoms with Crippen molar-refractivity contribution in [1.82, 2.24) is 10.4 Å². The lowest BCUT2D eigenvalue weighted by atomic mass is 9.75. The summed E-state index contributed by atoms with van der Waals surface area (Å²) in [5.74, 6) is -5.34. The van der Waals surface area contributed by atoms with Crippen molar-refractivity contribution in [3.63, 3.8) is 0 Å². The van der Waals surface area contributed by atoms with Crippen LogP contribution in [-0.2, 0) is 4.79 Å². The Labute approximate surface area is 102 Å². The fourth-order valence-electron chi connectivity index (χ4n) is 1.68. The third-order valence-electron chi connectivity index (χ3n) is 3.05. The molecule has 3 N–H and O–H groups in total. The summed E-state index contributed by atoms with van der Waals surface area (Å²) in [5.41, 5.74) is 2.44. The molecular weight excluding hydrogens is 244 g/mol. The highest BCUT2D eigenvalue weighted by atomic mass is 19.3. The van der Waals surface area contributed by atoms with Gasteiger partial charge >= 0.3 is 11.8 Å². The summed E-state index contributed by atoms with van der Waals surface area (Å²) < 4.78 is 27.3. The first kappa shape index (κ1) is 12.7. The number of halogens is 2. The number of aliphatic hydroxyl groups is 1. The van der Waals surface area contributed by atoms with Crippen LogP contribution >= 0.6 is 0 Å². The van der Waals surface area contributed by atoms with E-state index in [4.69, 9.17) is 0 Å². The molecule has 1 aromatic heterocycles. The van der Waals surface area contributed by atoms with Crippen LogP contribution in [0.5, 0.6) is 0 Å². The van der Waals surface area contributed by atoms with Crippen LogP contribution < -0.4 is 10.9 Å². The topological polar surface area (TPSA) is 74.2 Å². The number of anilines is 1. The first-order valence-corrected chi connectivity index (χ1v) is 5.52. The number of pyridine rings is 1. The SMILES string of the molecule is O=C(NNc1ccncc1)C(F)(F)C1(O)CCC1. The van der Waals surface area contributed by atoms with E-state index < -0.39 is 17.4 Å². The second-order valence-electron chi connectivity index (χ2n) is 4.27. The average molecular weight is 257 g/mol. The lowest BCUT2D eigenvalue weighted by Crippen LogP contribution is -2.61. The van der Waals surface area contributed by atoms with E-state index in [0.29, 0.717) is 12.1 Å². The molecule has 0 aliphatic heterocycles. The number of nitrogens with zero attached hydrogens (tertiary/aromatic N) is 1. The van der Waals surface area contributed by atoms with Gasteiger partial charge in [-0.2, -0.15) is 8.78 Å². The zero-order chi connectivity index (χ0) is 13.2. The summed E-state index contributed by atoms with van der Waals surface area (Å²) in [6, 6.07) is 3.02. The van der Waals surface area contributed by atoms with Crippen LogP contribution in [0, 0.1) is 0 Å². The lowest BCUT2D eigenvalue weighted by Gasteiger charge is -2.41. The summed E-state index contributed by atoms with van der Waals surface area (Å²) >= 11 is 0. The monoisotopic (exact) mass is 257 g/mol. The molecule has 18 heavy (non-hydrogen) atoms. The molecule has 0 unspecified atom stereocenters. The molecule has 1 aromatic rings. The fraction of sp³-hybridized carbons (Fsp3) is 0.455. The number of hydrazine groups is 1. The maximum absolute atomic E-state index is 13.6. The van der Waals surface area contributed by atoms with E-state index >= 15 is 0 Å². The van der Waals surface area contributed by atoms with Crippen molar-refractivity contribution in [2.24, 2.45) is 0 Å². The molecule has 0 radical (unpaired) electrons. The molecule has 1 aliphatic rings. The maximum Gasteiger partial charge on any atom is 0.354 e. The predicted octanol–water partition coefficient (Wildman–Crippen LogP) is 1.07. The Morgan fingerprint density at radius 3 is 2.50 bits per heavy atom. The van der Waals surface area contributed by atoms with Gasteiger partial charge < -0.3 is 5.11 Å². The van der Waals surface area contributed by atoms with Crippen LogP contribution in [0.15, 0.2) is 24.5 Å². The van der Waals surface area contributed by atoms with Gasteiger partial charge in [0.05, 0.1) is 5.69 Å². The molecule has 1 heterocycles. The highest BCUT2D eigenvalue weighted by Gasteiger charge is 2.61. The zero-order valence-corrected chi connectivity index (χ0v) is 9.49. The smallest absolute Gasteiger partial charge is 0.354 e. The van der Waals surface area contributed by atoms with Crippen LogP contribution in [0.3, 0.4) is 0 Å². The van der Waals surface area contributed by atoms with E-state index in [1.54, 1.807) is 0 Å². The van der Waals surface area contributed by atoms with Crippen molar-refractivity contribution in [2.45, 2.75) is 30.8 Å². The minimum atomic E-state index is -3.80. The molecule has 98 valence electrons. The quantitative estimate of drug-likeness (QED) is 0.705. The number of rotatable bonds is 4. The molecule has 5 nitrogen and oxygen atoms in total. The van der Waals surface area contributed by atoms with Crippen molar-refractivity contribution >= 4 is 11.6 Å². The number of hydrogen-bond acceptors (Lipinski definition) is 4. The van der Waals surface area contributed by atoms with Gasteiger partial charge in [-0.05, 0) is 31.4 Å². The van der Waals surface area contributed by atoms with E-state index in [0.717, 1.165) is 0 Å². The third kappa shape index (κ3) is 2.13. The van der Waals surface area contributed by atoms with Gasteiger partial charge in [-0.1, -0.05) is 0 Å². The van der Waals surface area contributed by atoms with Crippen molar-refractivity contribution in [3.8, 4) is 0 Å². The second-order valence-corrected chi connectivity index (χ2v) is 4.27. The normalized spacial score (nSPS) is 17.7. The number of carbonyl (C=O) groups excluding carboxylic acids is 1.